The molecule has 0 radical (unpaired) electrons. The summed E-state index contributed by atoms with van der Waals surface area (Å²) in [6.07, 6.45) is 4.79. The number of aromatic nitrogens is 1. The zero-order valence-corrected chi connectivity index (χ0v) is 16.5. The van der Waals surface area contributed by atoms with Gasteiger partial charge in [0, 0.05) is 32.4 Å². The van der Waals surface area contributed by atoms with Crippen LogP contribution in [0, 0.1) is 0 Å². The van der Waals surface area contributed by atoms with Gasteiger partial charge in [-0.3, -0.25) is 0 Å². The lowest BCUT2D eigenvalue weighted by atomic mass is 9.88. The largest absolute Gasteiger partial charge is 0.363 e. The van der Waals surface area contributed by atoms with Gasteiger partial charge in [0.1, 0.15) is 10.7 Å². The minimum Gasteiger partial charge on any atom is -0.363 e. The van der Waals surface area contributed by atoms with Gasteiger partial charge in [0.15, 0.2) is 0 Å². The first kappa shape index (κ1) is 18.4. The van der Waals surface area contributed by atoms with Crippen LogP contribution < -0.4 is 5.32 Å². The molecule has 1 aliphatic carbocycles. The highest BCUT2D eigenvalue weighted by Gasteiger charge is 2.28. The molecule has 1 saturated heterocycles. The van der Waals surface area contributed by atoms with Crippen molar-refractivity contribution in [1.29, 1.82) is 0 Å². The Bertz CT molecular complexity index is 890. The maximum atomic E-state index is 12.8. The summed E-state index contributed by atoms with van der Waals surface area (Å²) in [4.78, 5) is 6.80. The molecule has 1 aromatic carbocycles. The Morgan fingerprint density at radius 3 is 2.59 bits per heavy atom. The second kappa shape index (κ2) is 7.58. The number of nitrogens with zero attached hydrogens (tertiary/aromatic N) is 3. The zero-order valence-electron chi connectivity index (χ0n) is 15.6. The molecule has 0 saturated carbocycles. The van der Waals surface area contributed by atoms with Crippen LogP contribution in [-0.4, -0.2) is 55.8 Å². The molecule has 1 aromatic heterocycles. The van der Waals surface area contributed by atoms with Gasteiger partial charge in [0.05, 0.1) is 6.04 Å². The third kappa shape index (κ3) is 3.85. The van der Waals surface area contributed by atoms with E-state index in [0.717, 1.165) is 32.4 Å². The molecule has 1 unspecified atom stereocenters. The highest BCUT2D eigenvalue weighted by atomic mass is 32.2. The van der Waals surface area contributed by atoms with Crippen LogP contribution in [0.4, 0.5) is 5.82 Å². The number of nitrogens with one attached hydrogen (secondary N) is 1. The smallest absolute Gasteiger partial charge is 0.244 e. The molecule has 1 fully saturated rings. The molecule has 1 aliphatic heterocycles. The molecule has 6 nitrogen and oxygen atoms in total. The summed E-state index contributed by atoms with van der Waals surface area (Å²) in [5, 5.41) is 3.47. The fraction of sp³-hybridized carbons (Fsp3) is 0.450. The topological polar surface area (TPSA) is 65.5 Å². The van der Waals surface area contributed by atoms with E-state index in [1.54, 1.807) is 16.4 Å². The van der Waals surface area contributed by atoms with E-state index in [2.05, 4.69) is 39.5 Å². The minimum absolute atomic E-state index is 0.225. The van der Waals surface area contributed by atoms with Crippen molar-refractivity contribution >= 4 is 15.8 Å². The highest BCUT2D eigenvalue weighted by molar-refractivity contribution is 7.89. The number of piperazine rings is 1. The summed E-state index contributed by atoms with van der Waals surface area (Å²) in [7, 11) is -1.46. The Hall–Kier alpha value is -1.96. The number of hydrogen-bond acceptors (Lipinski definition) is 5. The van der Waals surface area contributed by atoms with Crippen LogP contribution in [0.3, 0.4) is 0 Å². The third-order valence-electron chi connectivity index (χ3n) is 5.53. The lowest BCUT2D eigenvalue weighted by Crippen LogP contribution is -2.47. The average Bonchev–Trinajstić information content (AvgIpc) is 2.69. The monoisotopic (exact) mass is 386 g/mol. The van der Waals surface area contributed by atoms with Crippen LogP contribution >= 0.6 is 0 Å². The van der Waals surface area contributed by atoms with E-state index < -0.39 is 10.0 Å². The lowest BCUT2D eigenvalue weighted by molar-refractivity contribution is 0.222. The molecule has 2 heterocycles. The van der Waals surface area contributed by atoms with Crippen molar-refractivity contribution in [2.45, 2.75) is 30.2 Å². The van der Waals surface area contributed by atoms with Crippen LogP contribution in [0.2, 0.25) is 0 Å². The van der Waals surface area contributed by atoms with Gasteiger partial charge in [0.2, 0.25) is 10.0 Å². The number of benzene rings is 1. The van der Waals surface area contributed by atoms with Crippen LogP contribution in [0.15, 0.2) is 47.5 Å². The van der Waals surface area contributed by atoms with Crippen molar-refractivity contribution in [3.63, 3.8) is 0 Å². The summed E-state index contributed by atoms with van der Waals surface area (Å²) in [6, 6.07) is 12.2. The Balaban J connectivity index is 1.48. The van der Waals surface area contributed by atoms with Crippen molar-refractivity contribution in [1.82, 2.24) is 14.2 Å². The second-order valence-corrected chi connectivity index (χ2v) is 9.31. The minimum atomic E-state index is -3.47. The molecule has 144 valence electrons. The first-order chi connectivity index (χ1) is 13.0. The fourth-order valence-electron chi connectivity index (χ4n) is 3.88. The summed E-state index contributed by atoms with van der Waals surface area (Å²) in [6.45, 7) is 2.57. The van der Waals surface area contributed by atoms with Crippen LogP contribution in [-0.2, 0) is 16.4 Å². The van der Waals surface area contributed by atoms with E-state index >= 15 is 0 Å². The summed E-state index contributed by atoms with van der Waals surface area (Å²) >= 11 is 0. The van der Waals surface area contributed by atoms with Gasteiger partial charge in [-0.1, -0.05) is 24.3 Å². The van der Waals surface area contributed by atoms with E-state index in [-0.39, 0.29) is 10.9 Å². The number of pyridine rings is 1. The fourth-order valence-corrected chi connectivity index (χ4v) is 5.25. The molecule has 7 heteroatoms. The predicted molar refractivity (Wildman–Crippen MR) is 106 cm³/mol. The molecule has 27 heavy (non-hydrogen) atoms. The summed E-state index contributed by atoms with van der Waals surface area (Å²) in [5.74, 6) is 0.717. The van der Waals surface area contributed by atoms with E-state index in [1.807, 2.05) is 7.05 Å². The average molecular weight is 387 g/mol. The van der Waals surface area contributed by atoms with Gasteiger partial charge in [-0.15, -0.1) is 0 Å². The first-order valence-corrected chi connectivity index (χ1v) is 11.0. The maximum absolute atomic E-state index is 12.8. The molecule has 0 spiro atoms. The van der Waals surface area contributed by atoms with Crippen LogP contribution in [0.5, 0.6) is 0 Å². The number of fused-ring (bicyclic) bond motifs is 1. The van der Waals surface area contributed by atoms with E-state index in [4.69, 9.17) is 0 Å². The second-order valence-electron chi connectivity index (χ2n) is 7.37. The molecule has 0 amide bonds. The number of hydrogen-bond donors (Lipinski definition) is 1. The normalized spacial score (nSPS) is 21.6. The molecule has 4 rings (SSSR count). The zero-order chi connectivity index (χ0) is 18.9. The van der Waals surface area contributed by atoms with Crippen molar-refractivity contribution in [2.75, 3.05) is 38.5 Å². The van der Waals surface area contributed by atoms with Gasteiger partial charge in [-0.2, -0.15) is 4.31 Å². The number of rotatable bonds is 4. The van der Waals surface area contributed by atoms with Gasteiger partial charge < -0.3 is 10.2 Å². The van der Waals surface area contributed by atoms with Crippen molar-refractivity contribution < 1.29 is 8.42 Å². The Kier molecular flexibility index (Phi) is 5.16. The van der Waals surface area contributed by atoms with Gasteiger partial charge in [0.25, 0.3) is 0 Å². The molecular formula is C20H26N4O2S. The molecule has 0 bridgehead atoms. The van der Waals surface area contributed by atoms with Crippen molar-refractivity contribution in [2.24, 2.45) is 0 Å². The quantitative estimate of drug-likeness (QED) is 0.875. The SMILES string of the molecule is CN1CCN(S(=O)(=O)c2ccc(NC3CCCc4ccccc43)nc2)CC1. The predicted octanol–water partition coefficient (Wildman–Crippen LogP) is 2.51. The Labute approximate surface area is 161 Å². The van der Waals surface area contributed by atoms with Crippen molar-refractivity contribution in [3.8, 4) is 0 Å². The summed E-state index contributed by atoms with van der Waals surface area (Å²) < 4.78 is 27.2. The third-order valence-corrected chi connectivity index (χ3v) is 7.41. The van der Waals surface area contributed by atoms with E-state index in [0.29, 0.717) is 18.9 Å². The molecule has 1 atom stereocenters. The van der Waals surface area contributed by atoms with Gasteiger partial charge in [-0.25, -0.2) is 13.4 Å². The summed E-state index contributed by atoms with van der Waals surface area (Å²) in [5.41, 5.74) is 2.70. The first-order valence-electron chi connectivity index (χ1n) is 9.53. The molecule has 2 aliphatic rings. The van der Waals surface area contributed by atoms with Crippen molar-refractivity contribution in [3.05, 3.63) is 53.7 Å². The standard InChI is InChI=1S/C20H26N4O2S/c1-23-11-13-24(14-12-23)27(25,26)17-9-10-20(21-15-17)22-19-8-4-6-16-5-2-3-7-18(16)19/h2-3,5,7,9-10,15,19H,4,6,8,11-14H2,1H3,(H,21,22). The Morgan fingerprint density at radius 2 is 1.85 bits per heavy atom. The van der Waals surface area contributed by atoms with E-state index in [9.17, 15) is 8.42 Å². The van der Waals surface area contributed by atoms with E-state index in [1.165, 1.54) is 17.3 Å². The molecule has 1 N–H and O–H groups in total. The number of sulfonamides is 1. The number of likely N-dealkylation sites (N-methyl/N-ethyl adjacent to an activating group) is 1. The van der Waals surface area contributed by atoms with Gasteiger partial charge >= 0.3 is 0 Å². The van der Waals surface area contributed by atoms with Crippen LogP contribution in [0.25, 0.3) is 0 Å². The maximum Gasteiger partial charge on any atom is 0.244 e. The highest BCUT2D eigenvalue weighted by Crippen LogP contribution is 2.32. The van der Waals surface area contributed by atoms with Gasteiger partial charge in [-0.05, 0) is 49.6 Å². The number of anilines is 1. The Morgan fingerprint density at radius 1 is 1.07 bits per heavy atom. The number of aryl methyl sites for hydroxylation is 1. The molecule has 2 aromatic rings. The van der Waals surface area contributed by atoms with Crippen LogP contribution in [0.1, 0.15) is 30.0 Å². The molecular weight excluding hydrogens is 360 g/mol. The lowest BCUT2D eigenvalue weighted by Gasteiger charge is -2.31.